The van der Waals surface area contributed by atoms with Gasteiger partial charge in [-0.05, 0) is 31.0 Å². The zero-order chi connectivity index (χ0) is 24.1. The maximum absolute atomic E-state index is 13.4. The first kappa shape index (κ1) is 23.5. The standard InChI is InChI=1S/C23H25FN8O/c1-14(33)30-22(27)18-5-4-17(16-3-6-20(24)29-12-16)21(19(18)11-25)32-9-7-15(8-10-32)23(28)31(2)13-26/h3-6,12-13,15,26,28H,7-10H2,1-2H3,(H2,27,30,33)/p+1. The summed E-state index contributed by atoms with van der Waals surface area (Å²) in [5, 5.41) is 41.6. The minimum absolute atomic E-state index is 0.00799. The summed E-state index contributed by atoms with van der Waals surface area (Å²) in [6.07, 6.45) is 3.85. The van der Waals surface area contributed by atoms with E-state index in [9.17, 15) is 9.65 Å². The predicted octanol–water partition coefficient (Wildman–Crippen LogP) is 2.96. The van der Waals surface area contributed by atoms with Gasteiger partial charge in [0.15, 0.2) is 5.84 Å². The Morgan fingerprint density at radius 3 is 2.55 bits per heavy atom. The van der Waals surface area contributed by atoms with Crippen LogP contribution in [0.15, 0.2) is 35.5 Å². The molecule has 1 aliphatic heterocycles. The average Bonchev–Trinajstić information content (AvgIpc) is 2.82. The normalized spacial score (nSPS) is 14.5. The molecule has 1 fully saturated rings. The van der Waals surface area contributed by atoms with E-state index in [1.165, 1.54) is 24.1 Å². The summed E-state index contributed by atoms with van der Waals surface area (Å²) in [5.41, 5.74) is 2.51. The second-order valence-corrected chi connectivity index (χ2v) is 7.80. The number of anilines is 1. The van der Waals surface area contributed by atoms with Crippen molar-refractivity contribution in [1.82, 2.24) is 9.88 Å². The maximum atomic E-state index is 13.4. The van der Waals surface area contributed by atoms with Crippen LogP contribution in [0.5, 0.6) is 0 Å². The van der Waals surface area contributed by atoms with Crippen molar-refractivity contribution in [2.24, 2.45) is 10.9 Å². The Kier molecular flexibility index (Phi) is 7.13. The van der Waals surface area contributed by atoms with Crippen LogP contribution in [0.4, 0.5) is 10.1 Å². The van der Waals surface area contributed by atoms with Crippen molar-refractivity contribution in [3.63, 3.8) is 0 Å². The fourth-order valence-corrected chi connectivity index (χ4v) is 3.96. The van der Waals surface area contributed by atoms with E-state index in [4.69, 9.17) is 21.3 Å². The number of halogens is 1. The predicted molar refractivity (Wildman–Crippen MR) is 127 cm³/mol. The van der Waals surface area contributed by atoms with Crippen LogP contribution in [0.3, 0.4) is 0 Å². The van der Waals surface area contributed by atoms with E-state index in [0.717, 1.165) is 6.34 Å². The molecule has 2 heterocycles. The van der Waals surface area contributed by atoms with Crippen molar-refractivity contribution < 1.29 is 9.50 Å². The molecule has 3 rings (SSSR count). The van der Waals surface area contributed by atoms with Crippen LogP contribution >= 0.6 is 0 Å². The minimum Gasteiger partial charge on any atom is -0.582 e. The van der Waals surface area contributed by atoms with Gasteiger partial charge in [0.05, 0.1) is 24.5 Å². The molecule has 0 unspecified atom stereocenters. The fourth-order valence-electron chi connectivity index (χ4n) is 3.96. The molecule has 0 amide bonds. The summed E-state index contributed by atoms with van der Waals surface area (Å²) in [5.74, 6) is -0.440. The van der Waals surface area contributed by atoms with E-state index in [2.05, 4.69) is 16.0 Å². The molecule has 0 saturated carbocycles. The van der Waals surface area contributed by atoms with Gasteiger partial charge in [-0.1, -0.05) is 6.07 Å². The molecule has 0 spiro atoms. The number of aliphatic imine (C=N–C) groups is 1. The van der Waals surface area contributed by atoms with Gasteiger partial charge in [0.2, 0.25) is 5.95 Å². The monoisotopic (exact) mass is 449 g/mol. The Balaban J connectivity index is 2.07. The SMILES string of the molecule is CC([OH2+])=NC(=N)c1ccc(-c2ccc(F)nc2)c(N2CCC(C(=N)N(C)C=N)CC2)c1C#N. The average molecular weight is 450 g/mol. The molecular formula is C23H26FN8O+. The van der Waals surface area contributed by atoms with Crippen LogP contribution in [0.1, 0.15) is 30.9 Å². The second-order valence-electron chi connectivity index (χ2n) is 7.80. The molecule has 2 aromatic rings. The highest BCUT2D eigenvalue weighted by molar-refractivity contribution is 6.06. The Morgan fingerprint density at radius 1 is 1.30 bits per heavy atom. The van der Waals surface area contributed by atoms with Crippen LogP contribution in [0.25, 0.3) is 11.1 Å². The van der Waals surface area contributed by atoms with Crippen LogP contribution in [-0.2, 0) is 0 Å². The molecular weight excluding hydrogens is 423 g/mol. The summed E-state index contributed by atoms with van der Waals surface area (Å²) in [7, 11) is 1.68. The van der Waals surface area contributed by atoms with E-state index in [-0.39, 0.29) is 23.2 Å². The number of hydrogen-bond donors (Lipinski definition) is 3. The number of nitrogens with zero attached hydrogens (tertiary/aromatic N) is 5. The number of hydrogen-bond acceptors (Lipinski definition) is 6. The summed E-state index contributed by atoms with van der Waals surface area (Å²) in [4.78, 5) is 11.2. The third-order valence-electron chi connectivity index (χ3n) is 5.63. The Labute approximate surface area is 191 Å². The summed E-state index contributed by atoms with van der Waals surface area (Å²) in [6, 6.07) is 8.46. The van der Waals surface area contributed by atoms with E-state index < -0.39 is 5.95 Å². The lowest BCUT2D eigenvalue weighted by Gasteiger charge is -2.36. The largest absolute Gasteiger partial charge is 0.582 e. The zero-order valence-electron chi connectivity index (χ0n) is 18.5. The van der Waals surface area contributed by atoms with Gasteiger partial charge in [-0.15, -0.1) is 0 Å². The molecule has 9 nitrogen and oxygen atoms in total. The fraction of sp³-hybridized carbons (Fsp3) is 0.304. The Morgan fingerprint density at radius 2 is 2.00 bits per heavy atom. The van der Waals surface area contributed by atoms with E-state index in [1.807, 2.05) is 4.90 Å². The minimum atomic E-state index is -0.603. The summed E-state index contributed by atoms with van der Waals surface area (Å²) >= 11 is 0. The zero-order valence-corrected chi connectivity index (χ0v) is 18.5. The topological polar surface area (TPSA) is 150 Å². The molecule has 1 aromatic carbocycles. The lowest BCUT2D eigenvalue weighted by Crippen LogP contribution is -2.41. The van der Waals surface area contributed by atoms with Gasteiger partial charge in [-0.25, -0.2) is 4.98 Å². The molecule has 1 saturated heterocycles. The molecule has 33 heavy (non-hydrogen) atoms. The van der Waals surface area contributed by atoms with Crippen molar-refractivity contribution in [1.29, 1.82) is 21.5 Å². The number of pyridine rings is 1. The summed E-state index contributed by atoms with van der Waals surface area (Å²) in [6.45, 7) is 2.59. The van der Waals surface area contributed by atoms with Crippen molar-refractivity contribution in [3.05, 3.63) is 47.5 Å². The van der Waals surface area contributed by atoms with E-state index in [0.29, 0.717) is 54.1 Å². The van der Waals surface area contributed by atoms with Crippen molar-refractivity contribution >= 4 is 29.6 Å². The van der Waals surface area contributed by atoms with Gasteiger partial charge >= 0.3 is 5.90 Å². The van der Waals surface area contributed by atoms with Crippen LogP contribution in [-0.4, -0.2) is 59.0 Å². The number of nitriles is 1. The number of benzene rings is 1. The highest BCUT2D eigenvalue weighted by Gasteiger charge is 2.28. The molecule has 0 aliphatic carbocycles. The Hall–Kier alpha value is -4.13. The molecule has 1 aliphatic rings. The second kappa shape index (κ2) is 9.99. The van der Waals surface area contributed by atoms with Gasteiger partial charge in [0, 0.05) is 48.9 Å². The molecule has 0 atom stereocenters. The Bertz CT molecular complexity index is 1140. The summed E-state index contributed by atoms with van der Waals surface area (Å²) < 4.78 is 13.4. The van der Waals surface area contributed by atoms with Crippen LogP contribution in [0.2, 0.25) is 0 Å². The van der Waals surface area contributed by atoms with Gasteiger partial charge in [0.1, 0.15) is 11.9 Å². The number of piperidine rings is 1. The van der Waals surface area contributed by atoms with Crippen molar-refractivity contribution in [3.8, 4) is 17.2 Å². The van der Waals surface area contributed by atoms with Gasteiger partial charge < -0.3 is 14.9 Å². The molecule has 0 bridgehead atoms. The smallest absolute Gasteiger partial charge is 0.329 e. The van der Waals surface area contributed by atoms with E-state index in [1.54, 1.807) is 25.2 Å². The highest BCUT2D eigenvalue weighted by atomic mass is 19.1. The molecule has 0 radical (unpaired) electrons. The quantitative estimate of drug-likeness (QED) is 0.278. The third kappa shape index (κ3) is 5.03. The van der Waals surface area contributed by atoms with Gasteiger partial charge in [0.25, 0.3) is 0 Å². The molecule has 10 heteroatoms. The van der Waals surface area contributed by atoms with Crippen LogP contribution < -0.4 is 4.90 Å². The maximum Gasteiger partial charge on any atom is 0.329 e. The lowest BCUT2D eigenvalue weighted by molar-refractivity contribution is 0.473. The third-order valence-corrected chi connectivity index (χ3v) is 5.63. The lowest BCUT2D eigenvalue weighted by atomic mass is 9.91. The van der Waals surface area contributed by atoms with Gasteiger partial charge in [-0.2, -0.15) is 14.6 Å². The van der Waals surface area contributed by atoms with E-state index >= 15 is 0 Å². The molecule has 170 valence electrons. The number of nitrogens with one attached hydrogen (secondary N) is 3. The van der Waals surface area contributed by atoms with Crippen molar-refractivity contribution in [2.45, 2.75) is 19.8 Å². The number of amidine groups is 2. The van der Waals surface area contributed by atoms with Crippen LogP contribution in [0, 0.1) is 39.4 Å². The molecule has 5 N–H and O–H groups in total. The first-order chi connectivity index (χ1) is 15.8. The molecule has 1 aromatic heterocycles. The number of aromatic nitrogens is 1. The first-order valence-electron chi connectivity index (χ1n) is 10.4. The highest BCUT2D eigenvalue weighted by Crippen LogP contribution is 2.38. The van der Waals surface area contributed by atoms with Gasteiger partial charge in [-0.3, -0.25) is 16.2 Å². The number of rotatable bonds is 5. The van der Waals surface area contributed by atoms with Crippen molar-refractivity contribution in [2.75, 3.05) is 25.0 Å². The first-order valence-corrected chi connectivity index (χ1v) is 10.4.